The Kier molecular flexibility index (Phi) is 4.52. The fraction of sp³-hybridized carbons (Fsp3) is 0.0714. The molecule has 2 aromatic heterocycles. The fourth-order valence-electron chi connectivity index (χ4n) is 4.51. The van der Waals surface area contributed by atoms with E-state index in [0.29, 0.717) is 28.9 Å². The molecule has 0 atom stereocenters. The summed E-state index contributed by atoms with van der Waals surface area (Å²) < 4.78 is 2.07. The van der Waals surface area contributed by atoms with Crippen LogP contribution in [-0.2, 0) is 6.54 Å². The van der Waals surface area contributed by atoms with Crippen LogP contribution < -0.4 is 5.56 Å². The van der Waals surface area contributed by atoms with E-state index < -0.39 is 0 Å². The van der Waals surface area contributed by atoms with Gasteiger partial charge in [-0.15, -0.1) is 11.3 Å². The van der Waals surface area contributed by atoms with Gasteiger partial charge in [0.2, 0.25) is 0 Å². The topological polar surface area (TPSA) is 55.1 Å². The summed E-state index contributed by atoms with van der Waals surface area (Å²) in [5.74, 6) is 0.632. The minimum atomic E-state index is -0.273. The molecule has 0 fully saturated rings. The van der Waals surface area contributed by atoms with Crippen LogP contribution in [0.1, 0.15) is 28.1 Å². The highest BCUT2D eigenvalue weighted by molar-refractivity contribution is 7.17. The summed E-state index contributed by atoms with van der Waals surface area (Å²) in [5, 5.41) is 14.1. The van der Waals surface area contributed by atoms with E-state index >= 15 is 0 Å². The van der Waals surface area contributed by atoms with Gasteiger partial charge in [0.15, 0.2) is 0 Å². The van der Waals surface area contributed by atoms with Crippen LogP contribution in [0.5, 0.6) is 0 Å². The van der Waals surface area contributed by atoms with Crippen molar-refractivity contribution in [1.29, 1.82) is 0 Å². The van der Waals surface area contributed by atoms with E-state index in [-0.39, 0.29) is 11.3 Å². The maximum absolute atomic E-state index is 13.3. The molecule has 5 heteroatoms. The number of aliphatic hydroxyl groups is 1. The Hall–Kier alpha value is -3.96. The molecule has 0 unspecified atom stereocenters. The van der Waals surface area contributed by atoms with Gasteiger partial charge in [0.05, 0.1) is 17.5 Å². The summed E-state index contributed by atoms with van der Waals surface area (Å²) in [7, 11) is 0. The van der Waals surface area contributed by atoms with Gasteiger partial charge in [-0.25, -0.2) is 0 Å². The van der Waals surface area contributed by atoms with Crippen LogP contribution in [0.2, 0.25) is 0 Å². The molecular weight excluding hydrogens is 428 g/mol. The average molecular weight is 449 g/mol. The van der Waals surface area contributed by atoms with Crippen molar-refractivity contribution in [1.82, 2.24) is 9.55 Å². The zero-order chi connectivity index (χ0) is 22.5. The van der Waals surface area contributed by atoms with Gasteiger partial charge >= 0.3 is 0 Å². The molecule has 5 aromatic rings. The summed E-state index contributed by atoms with van der Waals surface area (Å²) in [6.45, 7) is 2.60. The third kappa shape index (κ3) is 3.12. The van der Waals surface area contributed by atoms with E-state index in [9.17, 15) is 9.90 Å². The zero-order valence-corrected chi connectivity index (χ0v) is 18.8. The second-order valence-electron chi connectivity index (χ2n) is 8.27. The summed E-state index contributed by atoms with van der Waals surface area (Å²) in [4.78, 5) is 18.8. The van der Waals surface area contributed by atoms with Crippen molar-refractivity contribution in [2.45, 2.75) is 13.5 Å². The smallest absolute Gasteiger partial charge is 0.282 e. The van der Waals surface area contributed by atoms with Crippen LogP contribution in [0.25, 0.3) is 32.7 Å². The van der Waals surface area contributed by atoms with Crippen molar-refractivity contribution in [3.63, 3.8) is 0 Å². The van der Waals surface area contributed by atoms with E-state index in [1.807, 2.05) is 85.1 Å². The molecule has 1 aliphatic rings. The molecule has 3 heterocycles. The standard InChI is InChI=1S/C28H20N2O2S/c1-17-11-13-19(14-12-17)25(31)23-21-10-6-5-9-20(21)15-30-26(23)29-27(32)24-22(16-33-28(24)30)18-7-3-2-4-8-18/h2-14,16,31H,15H2,1H3/b25-23+. The van der Waals surface area contributed by atoms with Gasteiger partial charge in [-0.05, 0) is 23.6 Å². The SMILES string of the molecule is Cc1ccc(/C(O)=C2/c3ccccc3Cn3c2nc(=O)c2c(-c4ccccc4)csc23)cc1. The fourth-order valence-corrected chi connectivity index (χ4v) is 5.59. The van der Waals surface area contributed by atoms with Crippen LogP contribution in [0, 0.1) is 6.92 Å². The van der Waals surface area contributed by atoms with E-state index in [2.05, 4.69) is 15.6 Å². The van der Waals surface area contributed by atoms with Crippen LogP contribution in [0.15, 0.2) is 89.0 Å². The van der Waals surface area contributed by atoms with Gasteiger partial charge < -0.3 is 9.67 Å². The van der Waals surface area contributed by atoms with Crippen molar-refractivity contribution < 1.29 is 5.11 Å². The second-order valence-corrected chi connectivity index (χ2v) is 9.13. The van der Waals surface area contributed by atoms with E-state index in [1.165, 1.54) is 0 Å². The minimum Gasteiger partial charge on any atom is -0.507 e. The Labute approximate surface area is 194 Å². The Balaban J connectivity index is 1.67. The van der Waals surface area contributed by atoms with Crippen molar-refractivity contribution >= 4 is 32.9 Å². The van der Waals surface area contributed by atoms with E-state index in [0.717, 1.165) is 32.6 Å². The number of aryl methyl sites for hydroxylation is 1. The number of aliphatic hydroxyl groups excluding tert-OH is 1. The van der Waals surface area contributed by atoms with Crippen molar-refractivity contribution in [2.75, 3.05) is 0 Å². The number of benzene rings is 3. The number of hydrogen-bond acceptors (Lipinski definition) is 4. The summed E-state index contributed by atoms with van der Waals surface area (Å²) in [6.07, 6.45) is 0. The molecule has 1 N–H and O–H groups in total. The molecule has 33 heavy (non-hydrogen) atoms. The summed E-state index contributed by atoms with van der Waals surface area (Å²) in [6, 6.07) is 25.7. The molecule has 0 bridgehead atoms. The number of thiophene rings is 1. The zero-order valence-electron chi connectivity index (χ0n) is 17.9. The monoisotopic (exact) mass is 448 g/mol. The molecule has 0 amide bonds. The molecule has 0 aliphatic carbocycles. The maximum atomic E-state index is 13.3. The first kappa shape index (κ1) is 19.7. The van der Waals surface area contributed by atoms with Gasteiger partial charge in [0.25, 0.3) is 5.56 Å². The number of hydrogen-bond donors (Lipinski definition) is 1. The van der Waals surface area contributed by atoms with Crippen LogP contribution in [0.4, 0.5) is 0 Å². The van der Waals surface area contributed by atoms with Crippen LogP contribution >= 0.6 is 11.3 Å². The Bertz CT molecular complexity index is 1610. The molecule has 0 saturated heterocycles. The number of rotatable bonds is 2. The Morgan fingerprint density at radius 3 is 2.45 bits per heavy atom. The van der Waals surface area contributed by atoms with E-state index in [4.69, 9.17) is 0 Å². The molecule has 3 aromatic carbocycles. The minimum absolute atomic E-state index is 0.127. The lowest BCUT2D eigenvalue weighted by Gasteiger charge is -2.25. The third-order valence-electron chi connectivity index (χ3n) is 6.18. The first-order chi connectivity index (χ1) is 16.1. The first-order valence-electron chi connectivity index (χ1n) is 10.8. The van der Waals surface area contributed by atoms with Gasteiger partial charge in [-0.2, -0.15) is 4.98 Å². The lowest BCUT2D eigenvalue weighted by Crippen LogP contribution is -2.23. The van der Waals surface area contributed by atoms with Crippen LogP contribution in [0.3, 0.4) is 0 Å². The summed E-state index contributed by atoms with van der Waals surface area (Å²) in [5.41, 5.74) is 6.02. The Morgan fingerprint density at radius 1 is 0.939 bits per heavy atom. The Morgan fingerprint density at radius 2 is 1.67 bits per heavy atom. The van der Waals surface area contributed by atoms with Crippen molar-refractivity contribution in [3.8, 4) is 11.1 Å². The van der Waals surface area contributed by atoms with Crippen LogP contribution in [-0.4, -0.2) is 14.7 Å². The predicted molar refractivity (Wildman–Crippen MR) is 135 cm³/mol. The van der Waals surface area contributed by atoms with E-state index in [1.54, 1.807) is 11.3 Å². The average Bonchev–Trinajstić information content (AvgIpc) is 3.30. The molecular formula is C28H20N2O2S. The molecule has 1 aliphatic heterocycles. The van der Waals surface area contributed by atoms with Gasteiger partial charge in [-0.1, -0.05) is 84.4 Å². The van der Waals surface area contributed by atoms with Gasteiger partial charge in [0.1, 0.15) is 16.4 Å². The number of fused-ring (bicyclic) bond motifs is 4. The lowest BCUT2D eigenvalue weighted by atomic mass is 9.92. The molecule has 0 saturated carbocycles. The number of nitrogens with zero attached hydrogens (tertiary/aromatic N) is 2. The second kappa shape index (κ2) is 7.57. The molecule has 160 valence electrons. The van der Waals surface area contributed by atoms with Gasteiger partial charge in [-0.3, -0.25) is 4.79 Å². The molecule has 4 nitrogen and oxygen atoms in total. The highest BCUT2D eigenvalue weighted by Crippen LogP contribution is 2.39. The third-order valence-corrected chi connectivity index (χ3v) is 7.18. The highest BCUT2D eigenvalue weighted by atomic mass is 32.1. The van der Waals surface area contributed by atoms with Gasteiger partial charge in [0, 0.05) is 16.5 Å². The largest absolute Gasteiger partial charge is 0.507 e. The molecule has 0 spiro atoms. The van der Waals surface area contributed by atoms with Crippen molar-refractivity contribution in [2.24, 2.45) is 0 Å². The quantitative estimate of drug-likeness (QED) is 0.318. The number of aromatic nitrogens is 2. The lowest BCUT2D eigenvalue weighted by molar-refractivity contribution is 0.512. The normalized spacial score (nSPS) is 14.1. The molecule has 0 radical (unpaired) electrons. The summed E-state index contributed by atoms with van der Waals surface area (Å²) >= 11 is 1.54. The predicted octanol–water partition coefficient (Wildman–Crippen LogP) is 6.27. The highest BCUT2D eigenvalue weighted by Gasteiger charge is 2.28. The maximum Gasteiger partial charge on any atom is 0.282 e. The first-order valence-corrected chi connectivity index (χ1v) is 11.7. The van der Waals surface area contributed by atoms with Crippen molar-refractivity contribution in [3.05, 3.63) is 123 Å². The molecule has 6 rings (SSSR count).